The van der Waals surface area contributed by atoms with E-state index in [0.29, 0.717) is 11.5 Å². The highest BCUT2D eigenvalue weighted by Gasteiger charge is 2.15. The molecule has 2 aromatic rings. The lowest BCUT2D eigenvalue weighted by Crippen LogP contribution is -2.27. The van der Waals surface area contributed by atoms with Gasteiger partial charge < -0.3 is 10.4 Å². The number of rotatable bonds is 1. The van der Waals surface area contributed by atoms with Gasteiger partial charge in [-0.25, -0.2) is 0 Å². The highest BCUT2D eigenvalue weighted by Crippen LogP contribution is 2.23. The Morgan fingerprint density at radius 3 is 2.73 bits per heavy atom. The topological polar surface area (TPSA) is 49.6 Å². The van der Waals surface area contributed by atoms with Gasteiger partial charge in [0, 0.05) is 11.7 Å². The number of nitrogens with zero attached hydrogens (tertiary/aromatic N) is 2. The molecule has 0 saturated carbocycles. The maximum atomic E-state index is 9.62. The zero-order valence-corrected chi connectivity index (χ0v) is 9.15. The first-order valence-electron chi connectivity index (χ1n) is 4.91. The molecule has 0 aliphatic rings. The van der Waals surface area contributed by atoms with Gasteiger partial charge >= 0.3 is 0 Å². The summed E-state index contributed by atoms with van der Waals surface area (Å²) in [6.07, 6.45) is 1.87. The first-order valence-corrected chi connectivity index (χ1v) is 4.91. The summed E-state index contributed by atoms with van der Waals surface area (Å²) >= 11 is 0. The fourth-order valence-electron chi connectivity index (χ4n) is 1.45. The summed E-state index contributed by atoms with van der Waals surface area (Å²) in [5.74, 6) is 0.720. The molecule has 2 N–H and O–H groups in total. The number of anilines is 1. The van der Waals surface area contributed by atoms with E-state index in [1.165, 1.54) is 0 Å². The summed E-state index contributed by atoms with van der Waals surface area (Å²) in [5, 5.41) is 12.9. The van der Waals surface area contributed by atoms with Crippen molar-refractivity contribution in [1.82, 2.24) is 9.38 Å². The standard InChI is InChI=1S/C11H15N3O/c1-11(2,3)13-10-12-9(15)8-6-4-5-7-14(8)10/h4-7,15H,1-3H3,(H,12,13). The molecule has 0 bridgehead atoms. The van der Waals surface area contributed by atoms with Crippen LogP contribution in [-0.4, -0.2) is 20.0 Å². The second-order valence-electron chi connectivity index (χ2n) is 4.59. The van der Waals surface area contributed by atoms with E-state index in [4.69, 9.17) is 0 Å². The molecule has 80 valence electrons. The van der Waals surface area contributed by atoms with Gasteiger partial charge in [0.15, 0.2) is 0 Å². The molecule has 0 aromatic carbocycles. The predicted molar refractivity (Wildman–Crippen MR) is 60.2 cm³/mol. The molecule has 0 aliphatic carbocycles. The molecule has 0 saturated heterocycles. The summed E-state index contributed by atoms with van der Waals surface area (Å²) in [6, 6.07) is 5.61. The Labute approximate surface area is 88.6 Å². The minimum atomic E-state index is -0.0798. The van der Waals surface area contributed by atoms with E-state index in [1.807, 2.05) is 49.6 Å². The van der Waals surface area contributed by atoms with Crippen LogP contribution < -0.4 is 5.32 Å². The van der Waals surface area contributed by atoms with E-state index < -0.39 is 0 Å². The molecular weight excluding hydrogens is 190 g/mol. The molecule has 0 fully saturated rings. The molecular formula is C11H15N3O. The van der Waals surface area contributed by atoms with Crippen molar-refractivity contribution in [1.29, 1.82) is 0 Å². The Hall–Kier alpha value is -1.71. The van der Waals surface area contributed by atoms with Crippen LogP contribution in [0.15, 0.2) is 24.4 Å². The number of hydrogen-bond acceptors (Lipinski definition) is 3. The maximum absolute atomic E-state index is 9.62. The quantitative estimate of drug-likeness (QED) is 0.750. The van der Waals surface area contributed by atoms with Crippen molar-refractivity contribution < 1.29 is 5.11 Å². The first-order chi connectivity index (χ1) is 6.97. The SMILES string of the molecule is CC(C)(C)Nc1nc(O)c2ccccn12. The fourth-order valence-corrected chi connectivity index (χ4v) is 1.45. The van der Waals surface area contributed by atoms with Crippen LogP contribution in [0.5, 0.6) is 5.88 Å². The number of pyridine rings is 1. The summed E-state index contributed by atoms with van der Waals surface area (Å²) < 4.78 is 1.83. The molecule has 0 aliphatic heterocycles. The Bertz CT molecular complexity index is 482. The van der Waals surface area contributed by atoms with Crippen molar-refractivity contribution in [3.63, 3.8) is 0 Å². The lowest BCUT2D eigenvalue weighted by Gasteiger charge is -2.20. The lowest BCUT2D eigenvalue weighted by atomic mass is 10.1. The molecule has 0 spiro atoms. The number of imidazole rings is 1. The Kier molecular flexibility index (Phi) is 2.07. The molecule has 0 radical (unpaired) electrons. The van der Waals surface area contributed by atoms with E-state index in [1.54, 1.807) is 0 Å². The van der Waals surface area contributed by atoms with Gasteiger partial charge in [0.25, 0.3) is 0 Å². The minimum absolute atomic E-state index is 0.0577. The van der Waals surface area contributed by atoms with Gasteiger partial charge in [-0.3, -0.25) is 4.40 Å². The van der Waals surface area contributed by atoms with E-state index in [9.17, 15) is 5.11 Å². The number of aromatic nitrogens is 2. The minimum Gasteiger partial charge on any atom is -0.492 e. The van der Waals surface area contributed by atoms with E-state index in [2.05, 4.69) is 10.3 Å². The predicted octanol–water partition coefficient (Wildman–Crippen LogP) is 2.25. The van der Waals surface area contributed by atoms with Crippen molar-refractivity contribution in [3.8, 4) is 5.88 Å². The molecule has 4 nitrogen and oxygen atoms in total. The molecule has 4 heteroatoms. The van der Waals surface area contributed by atoms with Gasteiger partial charge in [-0.1, -0.05) is 6.07 Å². The monoisotopic (exact) mass is 205 g/mol. The summed E-state index contributed by atoms with van der Waals surface area (Å²) in [7, 11) is 0. The Morgan fingerprint density at radius 2 is 2.07 bits per heavy atom. The first kappa shape index (κ1) is 9.83. The highest BCUT2D eigenvalue weighted by molar-refractivity contribution is 5.61. The van der Waals surface area contributed by atoms with Gasteiger partial charge in [0.2, 0.25) is 11.8 Å². The van der Waals surface area contributed by atoms with Crippen molar-refractivity contribution in [2.24, 2.45) is 0 Å². The van der Waals surface area contributed by atoms with Gasteiger partial charge in [-0.2, -0.15) is 4.98 Å². The van der Waals surface area contributed by atoms with Crippen molar-refractivity contribution >= 4 is 11.5 Å². The molecule has 15 heavy (non-hydrogen) atoms. The molecule has 2 aromatic heterocycles. The summed E-state index contributed by atoms with van der Waals surface area (Å²) in [5.41, 5.74) is 0.632. The van der Waals surface area contributed by atoms with Crippen LogP contribution in [0.2, 0.25) is 0 Å². The average molecular weight is 205 g/mol. The van der Waals surface area contributed by atoms with Crippen LogP contribution in [-0.2, 0) is 0 Å². The molecule has 0 atom stereocenters. The average Bonchev–Trinajstić information content (AvgIpc) is 2.42. The number of nitrogens with one attached hydrogen (secondary N) is 1. The lowest BCUT2D eigenvalue weighted by molar-refractivity contribution is 0.462. The van der Waals surface area contributed by atoms with Crippen LogP contribution in [0.3, 0.4) is 0 Å². The molecule has 0 unspecified atom stereocenters. The van der Waals surface area contributed by atoms with Crippen LogP contribution in [0.4, 0.5) is 5.95 Å². The molecule has 2 rings (SSSR count). The summed E-state index contributed by atoms with van der Waals surface area (Å²) in [4.78, 5) is 4.08. The third kappa shape index (κ3) is 1.88. The maximum Gasteiger partial charge on any atom is 0.239 e. The number of fused-ring (bicyclic) bond motifs is 1. The number of aromatic hydroxyl groups is 1. The van der Waals surface area contributed by atoms with Gasteiger partial charge in [-0.05, 0) is 32.9 Å². The summed E-state index contributed by atoms with van der Waals surface area (Å²) in [6.45, 7) is 6.15. The van der Waals surface area contributed by atoms with Gasteiger partial charge in [0.05, 0.1) is 0 Å². The second kappa shape index (κ2) is 3.15. The van der Waals surface area contributed by atoms with Crippen molar-refractivity contribution in [2.75, 3.05) is 5.32 Å². The fraction of sp³-hybridized carbons (Fsp3) is 0.364. The van der Waals surface area contributed by atoms with Crippen LogP contribution in [0, 0.1) is 0 Å². The largest absolute Gasteiger partial charge is 0.492 e. The third-order valence-corrected chi connectivity index (χ3v) is 2.02. The third-order valence-electron chi connectivity index (χ3n) is 2.02. The zero-order chi connectivity index (χ0) is 11.1. The smallest absolute Gasteiger partial charge is 0.239 e. The molecule has 0 amide bonds. The van der Waals surface area contributed by atoms with Crippen LogP contribution >= 0.6 is 0 Å². The van der Waals surface area contributed by atoms with E-state index in [-0.39, 0.29) is 11.4 Å². The Morgan fingerprint density at radius 1 is 1.33 bits per heavy atom. The Balaban J connectivity index is 2.53. The van der Waals surface area contributed by atoms with Crippen molar-refractivity contribution in [2.45, 2.75) is 26.3 Å². The van der Waals surface area contributed by atoms with E-state index in [0.717, 1.165) is 0 Å². The zero-order valence-electron chi connectivity index (χ0n) is 9.15. The number of hydrogen-bond donors (Lipinski definition) is 2. The normalized spacial score (nSPS) is 11.9. The van der Waals surface area contributed by atoms with Crippen LogP contribution in [0.1, 0.15) is 20.8 Å². The van der Waals surface area contributed by atoms with Gasteiger partial charge in [0.1, 0.15) is 5.52 Å². The molecule has 2 heterocycles. The van der Waals surface area contributed by atoms with Gasteiger partial charge in [-0.15, -0.1) is 0 Å². The highest BCUT2D eigenvalue weighted by atomic mass is 16.3. The van der Waals surface area contributed by atoms with Crippen LogP contribution in [0.25, 0.3) is 5.52 Å². The van der Waals surface area contributed by atoms with Crippen molar-refractivity contribution in [3.05, 3.63) is 24.4 Å². The second-order valence-corrected chi connectivity index (χ2v) is 4.59. The van der Waals surface area contributed by atoms with E-state index >= 15 is 0 Å².